The summed E-state index contributed by atoms with van der Waals surface area (Å²) in [6, 6.07) is 20.4. The Balaban J connectivity index is 1.14. The van der Waals surface area contributed by atoms with Gasteiger partial charge in [-0.2, -0.15) is 5.21 Å². The van der Waals surface area contributed by atoms with Gasteiger partial charge in [0.1, 0.15) is 6.04 Å². The van der Waals surface area contributed by atoms with Gasteiger partial charge in [-0.3, -0.25) is 14.4 Å². The molecule has 2 fully saturated rings. The minimum absolute atomic E-state index is 0.0406. The number of carbonyl (C=O) groups is 3. The number of benzene rings is 3. The Morgan fingerprint density at radius 3 is 2.23 bits per heavy atom. The van der Waals surface area contributed by atoms with Gasteiger partial charge in [-0.05, 0) is 135 Å². The van der Waals surface area contributed by atoms with Gasteiger partial charge in [0, 0.05) is 35.2 Å². The number of carbonyl (C=O) groups excluding carboxylic acids is 3. The van der Waals surface area contributed by atoms with E-state index in [0.29, 0.717) is 41.9 Å². The SMILES string of the molecule is Cc1cc(C(=O)NC(C)C2CC2)ccc1-c1ccc(C[C@H](NC(=O)C2CCC(CN)CC2)C(=O)Nc2ccc(-c3nn[nH]n3)cc2)cc1. The van der Waals surface area contributed by atoms with Crippen molar-refractivity contribution in [1.82, 2.24) is 31.3 Å². The normalized spacial score (nSPS) is 18.8. The smallest absolute Gasteiger partial charge is 0.251 e. The van der Waals surface area contributed by atoms with Crippen LogP contribution < -0.4 is 21.7 Å². The molecule has 2 atom stereocenters. The first-order chi connectivity index (χ1) is 23.3. The van der Waals surface area contributed by atoms with Gasteiger partial charge in [0.2, 0.25) is 17.6 Å². The molecule has 0 spiro atoms. The first kappa shape index (κ1) is 33.0. The summed E-state index contributed by atoms with van der Waals surface area (Å²) >= 11 is 0. The van der Waals surface area contributed by atoms with Gasteiger partial charge < -0.3 is 21.7 Å². The van der Waals surface area contributed by atoms with E-state index in [9.17, 15) is 14.4 Å². The van der Waals surface area contributed by atoms with Crippen LogP contribution in [-0.4, -0.2) is 57.0 Å². The van der Waals surface area contributed by atoms with Crippen molar-refractivity contribution in [3.8, 4) is 22.5 Å². The number of H-pyrrole nitrogens is 1. The monoisotopic (exact) mass is 648 g/mol. The minimum Gasteiger partial charge on any atom is -0.349 e. The quantitative estimate of drug-likeness (QED) is 0.147. The van der Waals surface area contributed by atoms with Crippen molar-refractivity contribution < 1.29 is 14.4 Å². The van der Waals surface area contributed by atoms with Crippen LogP contribution in [-0.2, 0) is 16.0 Å². The molecule has 2 aliphatic rings. The molecule has 0 radical (unpaired) electrons. The van der Waals surface area contributed by atoms with Crippen LogP contribution in [0.2, 0.25) is 0 Å². The number of aromatic amines is 1. The van der Waals surface area contributed by atoms with Crippen LogP contribution in [0.3, 0.4) is 0 Å². The number of nitrogens with one attached hydrogen (secondary N) is 4. The lowest BCUT2D eigenvalue weighted by Gasteiger charge is -2.28. The highest BCUT2D eigenvalue weighted by atomic mass is 16.2. The number of hydrogen-bond donors (Lipinski definition) is 5. The Hall–Kier alpha value is -4.90. The number of amides is 3. The van der Waals surface area contributed by atoms with Crippen molar-refractivity contribution in [2.24, 2.45) is 23.5 Å². The second-order valence-corrected chi connectivity index (χ2v) is 13.3. The second-order valence-electron chi connectivity index (χ2n) is 13.3. The van der Waals surface area contributed by atoms with Crippen LogP contribution in [0.5, 0.6) is 0 Å². The molecule has 2 aliphatic carbocycles. The van der Waals surface area contributed by atoms with Crippen molar-refractivity contribution in [3.63, 3.8) is 0 Å². The maximum Gasteiger partial charge on any atom is 0.251 e. The van der Waals surface area contributed by atoms with Crippen molar-refractivity contribution in [1.29, 1.82) is 0 Å². The average molecular weight is 649 g/mol. The molecule has 250 valence electrons. The minimum atomic E-state index is -0.773. The number of aryl methyl sites for hydroxylation is 1. The highest BCUT2D eigenvalue weighted by molar-refractivity contribution is 5.98. The van der Waals surface area contributed by atoms with Gasteiger partial charge in [0.05, 0.1) is 0 Å². The molecule has 3 aromatic carbocycles. The Kier molecular flexibility index (Phi) is 10.2. The number of nitrogens with zero attached hydrogens (tertiary/aromatic N) is 3. The fourth-order valence-corrected chi connectivity index (χ4v) is 6.56. The standard InChI is InChI=1S/C37H44N8O3/c1-22-19-30(36(47)39-23(2)26-11-12-26)15-18-32(22)27-7-3-24(4-8-27)20-33(41-35(46)29-9-5-25(21-38)6-10-29)37(48)40-31-16-13-28(14-17-31)34-42-44-45-43-34/h3-4,7-8,13-19,23,25-26,29,33H,5-6,9-12,20-21,38H2,1-2H3,(H,39,47)(H,40,48)(H,41,46)(H,42,43,44,45)/t23?,25?,29?,33-/m0/s1. The fraction of sp³-hybridized carbons (Fsp3) is 0.405. The predicted octanol–water partition coefficient (Wildman–Crippen LogP) is 4.80. The zero-order valence-electron chi connectivity index (χ0n) is 27.5. The van der Waals surface area contributed by atoms with E-state index in [2.05, 4.69) is 43.5 Å². The van der Waals surface area contributed by atoms with Gasteiger partial charge in [-0.1, -0.05) is 30.3 Å². The lowest BCUT2D eigenvalue weighted by molar-refractivity contribution is -0.130. The summed E-state index contributed by atoms with van der Waals surface area (Å²) in [7, 11) is 0. The molecule has 0 aliphatic heterocycles. The number of nitrogens with two attached hydrogens (primary N) is 1. The van der Waals surface area contributed by atoms with E-state index in [-0.39, 0.29) is 29.7 Å². The lowest BCUT2D eigenvalue weighted by Crippen LogP contribution is -2.48. The zero-order chi connectivity index (χ0) is 33.6. The van der Waals surface area contributed by atoms with E-state index in [1.54, 1.807) is 24.3 Å². The average Bonchev–Trinajstić information content (AvgIpc) is 3.82. The van der Waals surface area contributed by atoms with Gasteiger partial charge in [0.25, 0.3) is 5.91 Å². The van der Waals surface area contributed by atoms with E-state index < -0.39 is 6.04 Å². The first-order valence-electron chi connectivity index (χ1n) is 16.9. The number of aromatic nitrogens is 4. The molecule has 1 unspecified atom stereocenters. The molecule has 6 rings (SSSR count). The molecule has 0 bridgehead atoms. The van der Waals surface area contributed by atoms with Gasteiger partial charge in [0.15, 0.2) is 0 Å². The molecular weight excluding hydrogens is 604 g/mol. The third-order valence-electron chi connectivity index (χ3n) is 9.82. The van der Waals surface area contributed by atoms with Gasteiger partial charge in [-0.15, -0.1) is 10.2 Å². The molecule has 1 heterocycles. The summed E-state index contributed by atoms with van der Waals surface area (Å²) in [6.45, 7) is 4.72. The van der Waals surface area contributed by atoms with E-state index in [0.717, 1.165) is 53.5 Å². The first-order valence-corrected chi connectivity index (χ1v) is 16.9. The van der Waals surface area contributed by atoms with Crippen molar-refractivity contribution in [2.75, 3.05) is 11.9 Å². The molecule has 48 heavy (non-hydrogen) atoms. The topological polar surface area (TPSA) is 168 Å². The molecule has 4 aromatic rings. The summed E-state index contributed by atoms with van der Waals surface area (Å²) in [5.74, 6) is 0.942. The molecule has 2 saturated carbocycles. The maximum atomic E-state index is 13.7. The van der Waals surface area contributed by atoms with Crippen LogP contribution in [0.4, 0.5) is 5.69 Å². The number of anilines is 1. The van der Waals surface area contributed by atoms with Crippen LogP contribution in [0.1, 0.15) is 66.9 Å². The van der Waals surface area contributed by atoms with E-state index >= 15 is 0 Å². The summed E-state index contributed by atoms with van der Waals surface area (Å²) < 4.78 is 0. The molecule has 11 nitrogen and oxygen atoms in total. The second kappa shape index (κ2) is 14.9. The Labute approximate surface area is 280 Å². The number of tetrazole rings is 1. The Morgan fingerprint density at radius 2 is 1.60 bits per heavy atom. The van der Waals surface area contributed by atoms with Crippen LogP contribution in [0.25, 0.3) is 22.5 Å². The van der Waals surface area contributed by atoms with Crippen LogP contribution in [0.15, 0.2) is 66.7 Å². The molecule has 1 aromatic heterocycles. The van der Waals surface area contributed by atoms with Crippen molar-refractivity contribution >= 4 is 23.4 Å². The highest BCUT2D eigenvalue weighted by Gasteiger charge is 2.30. The van der Waals surface area contributed by atoms with E-state index in [4.69, 9.17) is 5.73 Å². The Morgan fingerprint density at radius 1 is 0.896 bits per heavy atom. The number of hydrogen-bond acceptors (Lipinski definition) is 7. The molecule has 3 amide bonds. The predicted molar refractivity (Wildman–Crippen MR) is 185 cm³/mol. The summed E-state index contributed by atoms with van der Waals surface area (Å²) in [5.41, 5.74) is 11.9. The Bertz CT molecular complexity index is 1710. The van der Waals surface area contributed by atoms with Gasteiger partial charge >= 0.3 is 0 Å². The molecule has 0 saturated heterocycles. The number of rotatable bonds is 12. The molecule has 6 N–H and O–H groups in total. The lowest BCUT2D eigenvalue weighted by atomic mass is 9.81. The maximum absolute atomic E-state index is 13.7. The summed E-state index contributed by atoms with van der Waals surface area (Å²) in [5, 5.41) is 23.2. The van der Waals surface area contributed by atoms with Crippen molar-refractivity contribution in [2.45, 2.75) is 70.9 Å². The van der Waals surface area contributed by atoms with E-state index in [1.165, 1.54) is 12.8 Å². The summed E-state index contributed by atoms with van der Waals surface area (Å²) in [4.78, 5) is 39.8. The third-order valence-corrected chi connectivity index (χ3v) is 9.82. The highest BCUT2D eigenvalue weighted by Crippen LogP contribution is 2.33. The zero-order valence-corrected chi connectivity index (χ0v) is 27.5. The van der Waals surface area contributed by atoms with Gasteiger partial charge in [-0.25, -0.2) is 0 Å². The molecule has 11 heteroatoms. The van der Waals surface area contributed by atoms with Crippen molar-refractivity contribution in [3.05, 3.63) is 83.4 Å². The largest absolute Gasteiger partial charge is 0.349 e. The third kappa shape index (κ3) is 8.14. The fourth-order valence-electron chi connectivity index (χ4n) is 6.56. The van der Waals surface area contributed by atoms with Crippen LogP contribution >= 0.6 is 0 Å². The summed E-state index contributed by atoms with van der Waals surface area (Å²) in [6.07, 6.45) is 6.07. The molecular formula is C37H44N8O3. The van der Waals surface area contributed by atoms with E-state index in [1.807, 2.05) is 49.4 Å². The van der Waals surface area contributed by atoms with Crippen LogP contribution in [0, 0.1) is 24.7 Å².